The van der Waals surface area contributed by atoms with Gasteiger partial charge in [-0.3, -0.25) is 9.59 Å². The van der Waals surface area contributed by atoms with E-state index in [-0.39, 0.29) is 18.4 Å². The van der Waals surface area contributed by atoms with E-state index in [1.807, 2.05) is 32.0 Å². The second-order valence-electron chi connectivity index (χ2n) is 8.71. The Hall–Kier alpha value is -1.95. The summed E-state index contributed by atoms with van der Waals surface area (Å²) >= 11 is 0. The van der Waals surface area contributed by atoms with E-state index in [0.717, 1.165) is 37.8 Å². The predicted octanol–water partition coefficient (Wildman–Crippen LogP) is 4.65. The number of hydrogen-bond acceptors (Lipinski definition) is 4. The number of carboxylic acids is 1. The van der Waals surface area contributed by atoms with Gasteiger partial charge < -0.3 is 15.7 Å². The van der Waals surface area contributed by atoms with Crippen LogP contribution in [-0.2, 0) is 16.0 Å². The van der Waals surface area contributed by atoms with Crippen LogP contribution in [0.4, 0.5) is 5.82 Å². The summed E-state index contributed by atoms with van der Waals surface area (Å²) in [5.41, 5.74) is 0.446. The molecule has 6 heteroatoms. The zero-order valence-corrected chi connectivity index (χ0v) is 18.8. The van der Waals surface area contributed by atoms with Crippen LogP contribution >= 0.6 is 0 Å². The lowest BCUT2D eigenvalue weighted by Crippen LogP contribution is -2.34. The van der Waals surface area contributed by atoms with Crippen molar-refractivity contribution in [1.82, 2.24) is 10.3 Å². The molecule has 0 spiro atoms. The molecule has 29 heavy (non-hydrogen) atoms. The van der Waals surface area contributed by atoms with Gasteiger partial charge >= 0.3 is 5.97 Å². The summed E-state index contributed by atoms with van der Waals surface area (Å²) in [5.74, 6) is 0.259. The summed E-state index contributed by atoms with van der Waals surface area (Å²) in [7, 11) is 0. The van der Waals surface area contributed by atoms with E-state index in [9.17, 15) is 9.59 Å². The highest BCUT2D eigenvalue weighted by Gasteiger charge is 2.29. The minimum Gasteiger partial charge on any atom is -0.481 e. The third kappa shape index (κ3) is 9.88. The monoisotopic (exact) mass is 405 g/mol. The number of rotatable bonds is 14. The standard InChI is InChI=1S/C23H39N3O3/c1-6-8-10-18(24-14-13-21(27)28)15-19-11-9-12-20(25-19)26-22(29)23(4,5)16-17(3)7-2/h9,11-12,17-18,24H,6-8,10,13-16H2,1-5H3,(H,27,28)(H,25,26,29). The first-order chi connectivity index (χ1) is 13.7. The van der Waals surface area contributed by atoms with Gasteiger partial charge in [-0.1, -0.05) is 59.9 Å². The van der Waals surface area contributed by atoms with Gasteiger partial charge in [-0.15, -0.1) is 0 Å². The summed E-state index contributed by atoms with van der Waals surface area (Å²) in [6.07, 6.45) is 5.84. The maximum absolute atomic E-state index is 12.7. The highest BCUT2D eigenvalue weighted by Crippen LogP contribution is 2.28. The largest absolute Gasteiger partial charge is 0.481 e. The van der Waals surface area contributed by atoms with Crippen LogP contribution in [0.3, 0.4) is 0 Å². The Bertz CT molecular complexity index is 646. The average Bonchev–Trinajstić information content (AvgIpc) is 2.65. The molecule has 1 aromatic heterocycles. The summed E-state index contributed by atoms with van der Waals surface area (Å²) in [6.45, 7) is 10.9. The molecule has 0 radical (unpaired) electrons. The molecule has 2 unspecified atom stereocenters. The fourth-order valence-electron chi connectivity index (χ4n) is 3.42. The summed E-state index contributed by atoms with van der Waals surface area (Å²) in [4.78, 5) is 28.1. The van der Waals surface area contributed by atoms with Crippen LogP contribution in [0.5, 0.6) is 0 Å². The van der Waals surface area contributed by atoms with Crippen molar-refractivity contribution >= 4 is 17.7 Å². The molecular weight excluding hydrogens is 366 g/mol. The lowest BCUT2D eigenvalue weighted by atomic mass is 9.81. The number of carboxylic acid groups (broad SMARTS) is 1. The van der Waals surface area contributed by atoms with Gasteiger partial charge in [0.05, 0.1) is 6.42 Å². The predicted molar refractivity (Wildman–Crippen MR) is 118 cm³/mol. The number of anilines is 1. The number of nitrogens with one attached hydrogen (secondary N) is 2. The molecule has 164 valence electrons. The molecular formula is C23H39N3O3. The minimum atomic E-state index is -0.797. The topological polar surface area (TPSA) is 91.3 Å². The zero-order valence-electron chi connectivity index (χ0n) is 18.8. The number of aliphatic carboxylic acids is 1. The van der Waals surface area contributed by atoms with Crippen molar-refractivity contribution < 1.29 is 14.7 Å². The fraction of sp³-hybridized carbons (Fsp3) is 0.696. The normalized spacial score (nSPS) is 13.7. The first kappa shape index (κ1) is 25.1. The SMILES string of the molecule is CCCCC(Cc1cccc(NC(=O)C(C)(C)CC(C)CC)n1)NCCC(=O)O. The van der Waals surface area contributed by atoms with Crippen molar-refractivity contribution in [2.45, 2.75) is 85.6 Å². The van der Waals surface area contributed by atoms with Gasteiger partial charge in [0.1, 0.15) is 5.82 Å². The molecule has 0 saturated heterocycles. The van der Waals surface area contributed by atoms with Gasteiger partial charge in [-0.2, -0.15) is 0 Å². The van der Waals surface area contributed by atoms with E-state index in [2.05, 4.69) is 36.4 Å². The highest BCUT2D eigenvalue weighted by molar-refractivity contribution is 5.94. The number of aromatic nitrogens is 1. The Morgan fingerprint density at radius 3 is 2.59 bits per heavy atom. The van der Waals surface area contributed by atoms with Gasteiger partial charge in [-0.25, -0.2) is 4.98 Å². The van der Waals surface area contributed by atoms with E-state index < -0.39 is 11.4 Å². The van der Waals surface area contributed by atoms with Crippen LogP contribution in [0.2, 0.25) is 0 Å². The average molecular weight is 406 g/mol. The zero-order chi connectivity index (χ0) is 21.9. The van der Waals surface area contributed by atoms with Crippen molar-refractivity contribution in [3.63, 3.8) is 0 Å². The van der Waals surface area contributed by atoms with E-state index in [1.165, 1.54) is 0 Å². The Balaban J connectivity index is 2.75. The molecule has 6 nitrogen and oxygen atoms in total. The Kier molecular flexibility index (Phi) is 10.9. The van der Waals surface area contributed by atoms with E-state index in [1.54, 1.807) is 0 Å². The second-order valence-corrected chi connectivity index (χ2v) is 8.71. The van der Waals surface area contributed by atoms with Gasteiger partial charge in [0.2, 0.25) is 5.91 Å². The molecule has 0 aliphatic carbocycles. The van der Waals surface area contributed by atoms with Crippen LogP contribution in [0.1, 0.15) is 78.8 Å². The molecule has 0 aromatic carbocycles. The summed E-state index contributed by atoms with van der Waals surface area (Å²) < 4.78 is 0. The molecule has 3 N–H and O–H groups in total. The molecule has 0 saturated carbocycles. The second kappa shape index (κ2) is 12.6. The van der Waals surface area contributed by atoms with Crippen molar-refractivity contribution in [2.24, 2.45) is 11.3 Å². The van der Waals surface area contributed by atoms with Crippen LogP contribution in [0.15, 0.2) is 18.2 Å². The van der Waals surface area contributed by atoms with Crippen LogP contribution < -0.4 is 10.6 Å². The highest BCUT2D eigenvalue weighted by atomic mass is 16.4. The van der Waals surface area contributed by atoms with Crippen molar-refractivity contribution in [3.05, 3.63) is 23.9 Å². The molecule has 0 fully saturated rings. The van der Waals surface area contributed by atoms with Gasteiger partial charge in [0, 0.05) is 30.1 Å². The minimum absolute atomic E-state index is 0.00966. The summed E-state index contributed by atoms with van der Waals surface area (Å²) in [6, 6.07) is 5.86. The molecule has 1 heterocycles. The third-order valence-electron chi connectivity index (χ3n) is 5.35. The number of carbonyl (C=O) groups is 2. The molecule has 1 aromatic rings. The molecule has 0 aliphatic heterocycles. The molecule has 1 rings (SSSR count). The number of pyridine rings is 1. The van der Waals surface area contributed by atoms with Crippen LogP contribution in [0.25, 0.3) is 0 Å². The number of nitrogens with zero attached hydrogens (tertiary/aromatic N) is 1. The Morgan fingerprint density at radius 1 is 1.24 bits per heavy atom. The van der Waals surface area contributed by atoms with E-state index in [4.69, 9.17) is 5.11 Å². The fourth-order valence-corrected chi connectivity index (χ4v) is 3.42. The summed E-state index contributed by atoms with van der Waals surface area (Å²) in [5, 5.41) is 15.2. The first-order valence-electron chi connectivity index (χ1n) is 10.9. The lowest BCUT2D eigenvalue weighted by Gasteiger charge is -2.26. The van der Waals surface area contributed by atoms with Crippen molar-refractivity contribution in [3.8, 4) is 0 Å². The van der Waals surface area contributed by atoms with Crippen molar-refractivity contribution in [2.75, 3.05) is 11.9 Å². The molecule has 2 atom stereocenters. The Labute approximate surface area is 175 Å². The van der Waals surface area contributed by atoms with Gasteiger partial charge in [-0.05, 0) is 30.9 Å². The molecule has 0 aliphatic rings. The number of carbonyl (C=O) groups excluding carboxylic acids is 1. The third-order valence-corrected chi connectivity index (χ3v) is 5.35. The van der Waals surface area contributed by atoms with Crippen molar-refractivity contribution in [1.29, 1.82) is 0 Å². The molecule has 0 bridgehead atoms. The lowest BCUT2D eigenvalue weighted by molar-refractivity contribution is -0.136. The molecule has 1 amide bonds. The maximum atomic E-state index is 12.7. The first-order valence-corrected chi connectivity index (χ1v) is 10.9. The number of amides is 1. The van der Waals surface area contributed by atoms with Crippen LogP contribution in [0, 0.1) is 11.3 Å². The maximum Gasteiger partial charge on any atom is 0.304 e. The smallest absolute Gasteiger partial charge is 0.304 e. The van der Waals surface area contributed by atoms with E-state index in [0.29, 0.717) is 24.7 Å². The Morgan fingerprint density at radius 2 is 1.97 bits per heavy atom. The van der Waals surface area contributed by atoms with Gasteiger partial charge in [0.15, 0.2) is 0 Å². The van der Waals surface area contributed by atoms with Crippen LogP contribution in [-0.4, -0.2) is 34.6 Å². The number of unbranched alkanes of at least 4 members (excludes halogenated alkanes) is 1. The quantitative estimate of drug-likeness (QED) is 0.419. The number of hydrogen-bond donors (Lipinski definition) is 3. The van der Waals surface area contributed by atoms with E-state index >= 15 is 0 Å². The van der Waals surface area contributed by atoms with Gasteiger partial charge in [0.25, 0.3) is 0 Å².